The lowest BCUT2D eigenvalue weighted by molar-refractivity contribution is -0.137. The van der Waals surface area contributed by atoms with Crippen LogP contribution in [0.4, 0.5) is 0 Å². The van der Waals surface area contributed by atoms with Gasteiger partial charge in [0.05, 0.1) is 7.57 Å². The zero-order chi connectivity index (χ0) is 13.9. The van der Waals surface area contributed by atoms with E-state index in [0.29, 0.717) is 14.0 Å². The molecule has 0 atom stereocenters. The number of rotatable bonds is 6. The van der Waals surface area contributed by atoms with Crippen LogP contribution in [0.2, 0.25) is 0 Å². The van der Waals surface area contributed by atoms with Gasteiger partial charge in [0.1, 0.15) is 11.4 Å². The Labute approximate surface area is 126 Å². The fourth-order valence-corrected chi connectivity index (χ4v) is 6.57. The molecule has 102 valence electrons. The Kier molecular flexibility index (Phi) is 5.78. The zero-order valence-corrected chi connectivity index (χ0v) is 14.2. The second-order valence-corrected chi connectivity index (χ2v) is 9.08. The first kappa shape index (κ1) is 16.1. The van der Waals surface area contributed by atoms with E-state index in [1.165, 1.54) is 17.4 Å². The molecule has 0 aromatic carbocycles. The van der Waals surface area contributed by atoms with Crippen molar-refractivity contribution >= 4 is 59.2 Å². The van der Waals surface area contributed by atoms with E-state index in [0.717, 1.165) is 4.31 Å². The average Bonchev–Trinajstić information content (AvgIpc) is 2.57. The number of sulfonamides is 1. The molecule has 0 aliphatic rings. The summed E-state index contributed by atoms with van der Waals surface area (Å²) >= 11 is 7.61. The lowest BCUT2D eigenvalue weighted by Crippen LogP contribution is -2.36. The molecule has 1 rings (SSSR count). The van der Waals surface area contributed by atoms with Crippen molar-refractivity contribution in [3.8, 4) is 0 Å². The molecule has 5 nitrogen and oxygen atoms in total. The van der Waals surface area contributed by atoms with E-state index >= 15 is 0 Å². The molecule has 0 bridgehead atoms. The Morgan fingerprint density at radius 3 is 2.50 bits per heavy atom. The molecular weight excluding hydrogens is 410 g/mol. The van der Waals surface area contributed by atoms with Crippen LogP contribution in [0, 0.1) is 0 Å². The predicted octanol–water partition coefficient (Wildman–Crippen LogP) is 2.76. The fraction of sp³-hybridized carbons (Fsp3) is 0.444. The summed E-state index contributed by atoms with van der Waals surface area (Å²) in [6.45, 7) is 1.44. The van der Waals surface area contributed by atoms with E-state index in [1.807, 2.05) is 0 Å². The van der Waals surface area contributed by atoms with Crippen LogP contribution in [0.25, 0.3) is 0 Å². The van der Waals surface area contributed by atoms with Gasteiger partial charge in [-0.15, -0.1) is 11.3 Å². The summed E-state index contributed by atoms with van der Waals surface area (Å²) in [4.78, 5) is 10.8. The highest BCUT2D eigenvalue weighted by Crippen LogP contribution is 2.36. The first-order valence-corrected chi connectivity index (χ1v) is 8.80. The summed E-state index contributed by atoms with van der Waals surface area (Å²) in [5, 5.41) is 8.77. The van der Waals surface area contributed by atoms with Gasteiger partial charge in [-0.05, 0) is 44.3 Å². The Morgan fingerprint density at radius 1 is 1.50 bits per heavy atom. The molecule has 0 radical (unpaired) electrons. The maximum absolute atomic E-state index is 12.3. The summed E-state index contributed by atoms with van der Waals surface area (Å²) < 4.78 is 26.7. The van der Waals surface area contributed by atoms with Gasteiger partial charge >= 0.3 is 5.97 Å². The molecule has 0 amide bonds. The van der Waals surface area contributed by atoms with Crippen LogP contribution in [0.15, 0.2) is 18.5 Å². The zero-order valence-electron chi connectivity index (χ0n) is 9.39. The van der Waals surface area contributed by atoms with E-state index < -0.39 is 22.5 Å². The van der Waals surface area contributed by atoms with Crippen molar-refractivity contribution in [1.29, 1.82) is 0 Å². The molecule has 0 saturated heterocycles. The van der Waals surface area contributed by atoms with Crippen LogP contribution < -0.4 is 0 Å². The number of hydrogen-bond donors (Lipinski definition) is 1. The fourth-order valence-electron chi connectivity index (χ4n) is 1.32. The topological polar surface area (TPSA) is 74.7 Å². The smallest absolute Gasteiger partial charge is 0.318 e. The molecule has 1 heterocycles. The van der Waals surface area contributed by atoms with Crippen LogP contribution in [0.1, 0.15) is 13.3 Å². The van der Waals surface area contributed by atoms with Crippen LogP contribution in [0.3, 0.4) is 0 Å². The average molecular weight is 421 g/mol. The van der Waals surface area contributed by atoms with Gasteiger partial charge < -0.3 is 5.11 Å². The number of aliphatic carboxylic acids is 1. The van der Waals surface area contributed by atoms with Crippen molar-refractivity contribution < 1.29 is 18.3 Å². The van der Waals surface area contributed by atoms with Gasteiger partial charge in [0.2, 0.25) is 10.0 Å². The molecule has 0 saturated carbocycles. The molecular formula is C9H11Br2NO4S2. The van der Waals surface area contributed by atoms with Crippen LogP contribution in [0.5, 0.6) is 0 Å². The normalized spacial score (nSPS) is 12.0. The Morgan fingerprint density at radius 2 is 2.11 bits per heavy atom. The number of thiophene rings is 1. The maximum Gasteiger partial charge on any atom is 0.318 e. The number of halogens is 2. The van der Waals surface area contributed by atoms with E-state index in [2.05, 4.69) is 31.9 Å². The van der Waals surface area contributed by atoms with Gasteiger partial charge in [0.15, 0.2) is 0 Å². The lowest BCUT2D eigenvalue weighted by atomic mass is 10.5. The SMILES string of the molecule is CCCN(CC(=O)O)S(=O)(=O)c1cc(Br)sc1Br. The molecule has 0 fully saturated rings. The molecule has 1 aromatic rings. The van der Waals surface area contributed by atoms with Crippen molar-refractivity contribution in [3.63, 3.8) is 0 Å². The molecule has 0 unspecified atom stereocenters. The summed E-state index contributed by atoms with van der Waals surface area (Å²) in [6, 6.07) is 1.47. The Bertz CT molecular complexity index is 541. The number of nitrogens with zero attached hydrogens (tertiary/aromatic N) is 1. The molecule has 1 N–H and O–H groups in total. The summed E-state index contributed by atoms with van der Waals surface area (Å²) in [7, 11) is -3.78. The minimum Gasteiger partial charge on any atom is -0.480 e. The second kappa shape index (κ2) is 6.47. The standard InChI is InChI=1S/C9H11Br2NO4S2/c1-2-3-12(5-8(13)14)18(15,16)6-4-7(10)17-9(6)11/h4H,2-3,5H2,1H3,(H,13,14). The second-order valence-electron chi connectivity index (χ2n) is 3.42. The number of hydrogen-bond acceptors (Lipinski definition) is 4. The van der Waals surface area contributed by atoms with E-state index in [9.17, 15) is 13.2 Å². The first-order chi connectivity index (χ1) is 8.28. The first-order valence-electron chi connectivity index (χ1n) is 4.95. The van der Waals surface area contributed by atoms with E-state index in [4.69, 9.17) is 5.11 Å². The molecule has 18 heavy (non-hydrogen) atoms. The maximum atomic E-state index is 12.3. The van der Waals surface area contributed by atoms with Gasteiger partial charge in [-0.3, -0.25) is 4.79 Å². The van der Waals surface area contributed by atoms with Crippen molar-refractivity contribution in [2.45, 2.75) is 18.2 Å². The quantitative estimate of drug-likeness (QED) is 0.767. The van der Waals surface area contributed by atoms with Crippen molar-refractivity contribution in [3.05, 3.63) is 13.6 Å². The number of carbonyl (C=O) groups is 1. The minimum atomic E-state index is -3.78. The highest BCUT2D eigenvalue weighted by atomic mass is 79.9. The predicted molar refractivity (Wildman–Crippen MR) is 76.4 cm³/mol. The van der Waals surface area contributed by atoms with Crippen LogP contribution >= 0.6 is 43.2 Å². The number of carboxylic acids is 1. The highest BCUT2D eigenvalue weighted by Gasteiger charge is 2.29. The summed E-state index contributed by atoms with van der Waals surface area (Å²) in [5.41, 5.74) is 0. The third-order valence-electron chi connectivity index (χ3n) is 2.03. The van der Waals surface area contributed by atoms with Crippen molar-refractivity contribution in [1.82, 2.24) is 4.31 Å². The van der Waals surface area contributed by atoms with E-state index in [-0.39, 0.29) is 11.4 Å². The van der Waals surface area contributed by atoms with Crippen LogP contribution in [-0.4, -0.2) is 36.9 Å². The molecule has 0 spiro atoms. The van der Waals surface area contributed by atoms with Crippen molar-refractivity contribution in [2.75, 3.05) is 13.1 Å². The third-order valence-corrected chi connectivity index (χ3v) is 6.63. The van der Waals surface area contributed by atoms with Crippen molar-refractivity contribution in [2.24, 2.45) is 0 Å². The third kappa shape index (κ3) is 3.77. The van der Waals surface area contributed by atoms with Gasteiger partial charge in [0, 0.05) is 6.54 Å². The summed E-state index contributed by atoms with van der Waals surface area (Å²) in [6.07, 6.45) is 0.551. The molecule has 9 heteroatoms. The summed E-state index contributed by atoms with van der Waals surface area (Å²) in [5.74, 6) is -1.17. The molecule has 1 aromatic heterocycles. The van der Waals surface area contributed by atoms with E-state index in [1.54, 1.807) is 6.92 Å². The molecule has 0 aliphatic heterocycles. The van der Waals surface area contributed by atoms with Gasteiger partial charge in [-0.25, -0.2) is 8.42 Å². The highest BCUT2D eigenvalue weighted by molar-refractivity contribution is 9.12. The Hall–Kier alpha value is 0.0400. The number of carboxylic acid groups (broad SMARTS) is 1. The largest absolute Gasteiger partial charge is 0.480 e. The van der Waals surface area contributed by atoms with Gasteiger partial charge in [-0.2, -0.15) is 4.31 Å². The van der Waals surface area contributed by atoms with Gasteiger partial charge in [0.25, 0.3) is 0 Å². The Balaban J connectivity index is 3.16. The van der Waals surface area contributed by atoms with Gasteiger partial charge in [-0.1, -0.05) is 6.92 Å². The minimum absolute atomic E-state index is 0.0917. The lowest BCUT2D eigenvalue weighted by Gasteiger charge is -2.19. The molecule has 0 aliphatic carbocycles. The monoisotopic (exact) mass is 419 g/mol. The van der Waals surface area contributed by atoms with Crippen LogP contribution in [-0.2, 0) is 14.8 Å².